The molecule has 0 atom stereocenters. The molecule has 0 fully saturated rings. The summed E-state index contributed by atoms with van der Waals surface area (Å²) in [6.45, 7) is 8.05. The summed E-state index contributed by atoms with van der Waals surface area (Å²) in [5.74, 6) is 0.0650. The van der Waals surface area contributed by atoms with Crippen molar-refractivity contribution in [2.45, 2.75) is 33.2 Å². The highest BCUT2D eigenvalue weighted by Crippen LogP contribution is 2.20. The number of nitrogens with zero attached hydrogens (tertiary/aromatic N) is 1. The molecule has 0 aliphatic carbocycles. The number of rotatable bonds is 5. The highest BCUT2D eigenvalue weighted by atomic mass is 32.1. The number of amides is 1. The third-order valence-electron chi connectivity index (χ3n) is 4.54. The maximum absolute atomic E-state index is 12.1. The Morgan fingerprint density at radius 1 is 1.26 bits per heavy atom. The number of fused-ring (bicyclic) bond motifs is 1. The molecule has 1 aromatic heterocycles. The van der Waals surface area contributed by atoms with Gasteiger partial charge in [0.25, 0.3) is 5.91 Å². The van der Waals surface area contributed by atoms with Crippen LogP contribution in [0, 0.1) is 13.8 Å². The molecular formula is C19H24N2OS. The van der Waals surface area contributed by atoms with Gasteiger partial charge >= 0.3 is 0 Å². The second kappa shape index (κ2) is 7.28. The first-order chi connectivity index (χ1) is 11.1. The molecule has 4 heteroatoms. The zero-order valence-electron chi connectivity index (χ0n) is 13.9. The first kappa shape index (κ1) is 16.2. The Labute approximate surface area is 142 Å². The summed E-state index contributed by atoms with van der Waals surface area (Å²) in [6.07, 6.45) is 2.13. The molecule has 1 N–H and O–H groups in total. The standard InChI is InChI=1S/C19H24N2OS/c1-14-12-18(23-15(14)2)19(22)20-9-5-10-21-11-8-16-6-3-4-7-17(16)13-21/h3-4,6-7,12H,5,8-11,13H2,1-2H3,(H,20,22). The molecule has 1 amide bonds. The van der Waals surface area contributed by atoms with Gasteiger partial charge in [-0.15, -0.1) is 11.3 Å². The number of carbonyl (C=O) groups is 1. The molecular weight excluding hydrogens is 304 g/mol. The first-order valence-corrected chi connectivity index (χ1v) is 9.09. The van der Waals surface area contributed by atoms with Crippen LogP contribution in [0.2, 0.25) is 0 Å². The van der Waals surface area contributed by atoms with Gasteiger partial charge in [0.1, 0.15) is 0 Å². The van der Waals surface area contributed by atoms with Crippen LogP contribution >= 0.6 is 11.3 Å². The topological polar surface area (TPSA) is 32.3 Å². The van der Waals surface area contributed by atoms with Crippen molar-refractivity contribution >= 4 is 17.2 Å². The maximum Gasteiger partial charge on any atom is 0.261 e. The average molecular weight is 328 g/mol. The Morgan fingerprint density at radius 3 is 2.78 bits per heavy atom. The van der Waals surface area contributed by atoms with E-state index in [-0.39, 0.29) is 5.91 Å². The van der Waals surface area contributed by atoms with Crippen molar-refractivity contribution in [3.05, 3.63) is 56.8 Å². The minimum Gasteiger partial charge on any atom is -0.351 e. The SMILES string of the molecule is Cc1cc(C(=O)NCCCN2CCc3ccccc3C2)sc1C. The molecule has 2 heterocycles. The first-order valence-electron chi connectivity index (χ1n) is 8.28. The van der Waals surface area contributed by atoms with Crippen molar-refractivity contribution in [3.8, 4) is 0 Å². The van der Waals surface area contributed by atoms with Crippen molar-refractivity contribution in [2.75, 3.05) is 19.6 Å². The zero-order valence-corrected chi connectivity index (χ0v) is 14.7. The molecule has 2 aromatic rings. The van der Waals surface area contributed by atoms with E-state index >= 15 is 0 Å². The molecule has 0 saturated carbocycles. The summed E-state index contributed by atoms with van der Waals surface area (Å²) >= 11 is 1.58. The fraction of sp³-hybridized carbons (Fsp3) is 0.421. The number of aryl methyl sites for hydroxylation is 2. The number of hydrogen-bond donors (Lipinski definition) is 1. The van der Waals surface area contributed by atoms with E-state index in [4.69, 9.17) is 0 Å². The van der Waals surface area contributed by atoms with Crippen LogP contribution in [-0.4, -0.2) is 30.4 Å². The average Bonchev–Trinajstić information content (AvgIpc) is 2.90. The van der Waals surface area contributed by atoms with Gasteiger partial charge in [-0.2, -0.15) is 0 Å². The fourth-order valence-corrected chi connectivity index (χ4v) is 3.97. The molecule has 1 aliphatic rings. The van der Waals surface area contributed by atoms with Crippen LogP contribution in [0.3, 0.4) is 0 Å². The summed E-state index contributed by atoms with van der Waals surface area (Å²) in [5.41, 5.74) is 4.14. The molecule has 0 bridgehead atoms. The summed E-state index contributed by atoms with van der Waals surface area (Å²) in [7, 11) is 0. The molecule has 23 heavy (non-hydrogen) atoms. The van der Waals surface area contributed by atoms with E-state index in [2.05, 4.69) is 48.3 Å². The van der Waals surface area contributed by atoms with E-state index < -0.39 is 0 Å². The van der Waals surface area contributed by atoms with Crippen molar-refractivity contribution < 1.29 is 4.79 Å². The number of hydrogen-bond acceptors (Lipinski definition) is 3. The lowest BCUT2D eigenvalue weighted by atomic mass is 10.00. The molecule has 0 saturated heterocycles. The van der Waals surface area contributed by atoms with Gasteiger partial charge in [-0.1, -0.05) is 24.3 Å². The molecule has 1 aliphatic heterocycles. The lowest BCUT2D eigenvalue weighted by Crippen LogP contribution is -2.33. The fourth-order valence-electron chi connectivity index (χ4n) is 3.02. The maximum atomic E-state index is 12.1. The van der Waals surface area contributed by atoms with Gasteiger partial charge in [0.2, 0.25) is 0 Å². The second-order valence-corrected chi connectivity index (χ2v) is 7.51. The number of thiophene rings is 1. The van der Waals surface area contributed by atoms with Gasteiger partial charge < -0.3 is 5.32 Å². The van der Waals surface area contributed by atoms with Gasteiger partial charge in [-0.3, -0.25) is 9.69 Å². The van der Waals surface area contributed by atoms with E-state index in [1.54, 1.807) is 11.3 Å². The molecule has 1 aromatic carbocycles. The summed E-state index contributed by atoms with van der Waals surface area (Å²) in [6, 6.07) is 10.7. The highest BCUT2D eigenvalue weighted by Gasteiger charge is 2.15. The second-order valence-electron chi connectivity index (χ2n) is 6.25. The number of benzene rings is 1. The number of nitrogens with one attached hydrogen (secondary N) is 1. The van der Waals surface area contributed by atoms with Crippen LogP contribution in [0.25, 0.3) is 0 Å². The van der Waals surface area contributed by atoms with Gasteiger partial charge in [0, 0.05) is 31.1 Å². The minimum absolute atomic E-state index is 0.0650. The van der Waals surface area contributed by atoms with Gasteiger partial charge in [-0.05, 0) is 49.4 Å². The molecule has 0 radical (unpaired) electrons. The van der Waals surface area contributed by atoms with E-state index in [1.165, 1.54) is 21.6 Å². The van der Waals surface area contributed by atoms with Crippen molar-refractivity contribution in [1.82, 2.24) is 10.2 Å². The zero-order chi connectivity index (χ0) is 16.2. The van der Waals surface area contributed by atoms with Crippen LogP contribution in [-0.2, 0) is 13.0 Å². The van der Waals surface area contributed by atoms with E-state index in [0.29, 0.717) is 0 Å². The summed E-state index contributed by atoms with van der Waals surface area (Å²) in [5, 5.41) is 3.04. The van der Waals surface area contributed by atoms with Crippen molar-refractivity contribution in [2.24, 2.45) is 0 Å². The van der Waals surface area contributed by atoms with E-state index in [9.17, 15) is 4.79 Å². The molecule has 122 valence electrons. The summed E-state index contributed by atoms with van der Waals surface area (Å²) in [4.78, 5) is 16.6. The van der Waals surface area contributed by atoms with Crippen molar-refractivity contribution in [3.63, 3.8) is 0 Å². The van der Waals surface area contributed by atoms with E-state index in [1.807, 2.05) is 6.07 Å². The monoisotopic (exact) mass is 328 g/mol. The Bertz CT molecular complexity index is 673. The van der Waals surface area contributed by atoms with Crippen LogP contribution in [0.5, 0.6) is 0 Å². The molecule has 0 unspecified atom stereocenters. The Balaban J connectivity index is 1.41. The largest absolute Gasteiger partial charge is 0.351 e. The van der Waals surface area contributed by atoms with Crippen LogP contribution in [0.15, 0.2) is 30.3 Å². The van der Waals surface area contributed by atoms with Crippen LogP contribution in [0.1, 0.15) is 37.7 Å². The van der Waals surface area contributed by atoms with Crippen LogP contribution < -0.4 is 5.32 Å². The van der Waals surface area contributed by atoms with Crippen molar-refractivity contribution in [1.29, 1.82) is 0 Å². The molecule has 0 spiro atoms. The quantitative estimate of drug-likeness (QED) is 0.852. The lowest BCUT2D eigenvalue weighted by molar-refractivity contribution is 0.0955. The Hall–Kier alpha value is -1.65. The van der Waals surface area contributed by atoms with Gasteiger partial charge in [0.05, 0.1) is 4.88 Å². The third-order valence-corrected chi connectivity index (χ3v) is 5.69. The Kier molecular flexibility index (Phi) is 5.13. The van der Waals surface area contributed by atoms with Gasteiger partial charge in [-0.25, -0.2) is 0 Å². The number of carbonyl (C=O) groups excluding carboxylic acids is 1. The van der Waals surface area contributed by atoms with Crippen LogP contribution in [0.4, 0.5) is 0 Å². The normalized spacial score (nSPS) is 14.5. The molecule has 3 nitrogen and oxygen atoms in total. The predicted octanol–water partition coefficient (Wildman–Crippen LogP) is 3.54. The Morgan fingerprint density at radius 2 is 2.04 bits per heavy atom. The van der Waals surface area contributed by atoms with Gasteiger partial charge in [0.15, 0.2) is 0 Å². The smallest absolute Gasteiger partial charge is 0.261 e. The molecule has 3 rings (SSSR count). The summed E-state index contributed by atoms with van der Waals surface area (Å²) < 4.78 is 0. The highest BCUT2D eigenvalue weighted by molar-refractivity contribution is 7.14. The predicted molar refractivity (Wildman–Crippen MR) is 96.2 cm³/mol. The van der Waals surface area contributed by atoms with E-state index in [0.717, 1.165) is 43.9 Å². The third kappa shape index (κ3) is 4.01. The minimum atomic E-state index is 0.0650. The lowest BCUT2D eigenvalue weighted by Gasteiger charge is -2.28.